The number of nitrogens with one attached hydrogen (secondary N) is 1. The molecule has 1 atom stereocenters. The lowest BCUT2D eigenvalue weighted by Gasteiger charge is -2.20. The minimum absolute atomic E-state index is 0.0783. The van der Waals surface area contributed by atoms with Crippen molar-refractivity contribution in [3.63, 3.8) is 0 Å². The van der Waals surface area contributed by atoms with Crippen LogP contribution in [0.2, 0.25) is 0 Å². The Hall–Kier alpha value is -1.44. The predicted octanol–water partition coefficient (Wildman–Crippen LogP) is -0.0287. The van der Waals surface area contributed by atoms with E-state index in [1.54, 1.807) is 0 Å². The molecule has 0 bridgehead atoms. The van der Waals surface area contributed by atoms with Gasteiger partial charge in [-0.15, -0.1) is 0 Å². The summed E-state index contributed by atoms with van der Waals surface area (Å²) in [4.78, 5) is 12.1. The third-order valence-corrected chi connectivity index (χ3v) is 4.30. The zero-order valence-electron chi connectivity index (χ0n) is 11.1. The first kappa shape index (κ1) is 15.0. The quantitative estimate of drug-likeness (QED) is 0.814. The first-order valence-electron chi connectivity index (χ1n) is 6.19. The van der Waals surface area contributed by atoms with Crippen LogP contribution in [0.15, 0.2) is 29.2 Å². The Bertz CT molecular complexity index is 605. The van der Waals surface area contributed by atoms with Crippen molar-refractivity contribution in [2.75, 3.05) is 26.0 Å². The molecule has 7 heteroatoms. The molecule has 6 nitrogen and oxygen atoms in total. The lowest BCUT2D eigenvalue weighted by Crippen LogP contribution is -2.43. The van der Waals surface area contributed by atoms with Crippen LogP contribution in [0.3, 0.4) is 0 Å². The van der Waals surface area contributed by atoms with E-state index in [2.05, 4.69) is 5.32 Å². The van der Waals surface area contributed by atoms with Gasteiger partial charge >= 0.3 is 0 Å². The van der Waals surface area contributed by atoms with Crippen molar-refractivity contribution in [2.45, 2.75) is 16.9 Å². The molecule has 0 aliphatic carbocycles. The number of hydrogen-bond acceptors (Lipinski definition) is 5. The standard InChI is InChI=1S/C13H17NO5S/c1-20(17,18)11-4-2-3-10(7-11)12(15)14-8-13(16)5-6-19-9-13/h2-4,7,16H,5-6,8-9H2,1H3,(H,14,15). The van der Waals surface area contributed by atoms with E-state index in [1.807, 2.05) is 0 Å². The average Bonchev–Trinajstić information content (AvgIpc) is 2.83. The summed E-state index contributed by atoms with van der Waals surface area (Å²) in [5, 5.41) is 12.6. The minimum atomic E-state index is -3.35. The van der Waals surface area contributed by atoms with Crippen LogP contribution in [0.1, 0.15) is 16.8 Å². The second kappa shape index (κ2) is 5.51. The van der Waals surface area contributed by atoms with Crippen LogP contribution in [0.4, 0.5) is 0 Å². The predicted molar refractivity (Wildman–Crippen MR) is 72.3 cm³/mol. The molecule has 1 heterocycles. The lowest BCUT2D eigenvalue weighted by molar-refractivity contribution is 0.0264. The minimum Gasteiger partial charge on any atom is -0.386 e. The molecule has 0 saturated carbocycles. The lowest BCUT2D eigenvalue weighted by atomic mass is 10.0. The van der Waals surface area contributed by atoms with E-state index >= 15 is 0 Å². The van der Waals surface area contributed by atoms with Gasteiger partial charge in [0.05, 0.1) is 11.5 Å². The number of aliphatic hydroxyl groups is 1. The van der Waals surface area contributed by atoms with E-state index in [0.717, 1.165) is 6.26 Å². The SMILES string of the molecule is CS(=O)(=O)c1cccc(C(=O)NCC2(O)CCOC2)c1. The summed E-state index contributed by atoms with van der Waals surface area (Å²) < 4.78 is 28.0. The molecule has 0 radical (unpaired) electrons. The van der Waals surface area contributed by atoms with Gasteiger partial charge in [0, 0.05) is 31.4 Å². The second-order valence-electron chi connectivity index (χ2n) is 5.01. The summed E-state index contributed by atoms with van der Waals surface area (Å²) in [6, 6.07) is 5.79. The van der Waals surface area contributed by atoms with E-state index in [-0.39, 0.29) is 23.6 Å². The second-order valence-corrected chi connectivity index (χ2v) is 7.03. The molecule has 1 unspecified atom stereocenters. The number of rotatable bonds is 4. The van der Waals surface area contributed by atoms with Crippen LogP contribution in [0.5, 0.6) is 0 Å². The van der Waals surface area contributed by atoms with Gasteiger partial charge in [0.25, 0.3) is 5.91 Å². The molecule has 0 spiro atoms. The normalized spacial score (nSPS) is 22.7. The number of carbonyl (C=O) groups excluding carboxylic acids is 1. The molecule has 1 saturated heterocycles. The van der Waals surface area contributed by atoms with Gasteiger partial charge in [-0.2, -0.15) is 0 Å². The van der Waals surface area contributed by atoms with Crippen LogP contribution in [0, 0.1) is 0 Å². The fourth-order valence-corrected chi connectivity index (χ4v) is 2.62. The molecule has 20 heavy (non-hydrogen) atoms. The van der Waals surface area contributed by atoms with Gasteiger partial charge in [0.15, 0.2) is 9.84 Å². The molecule has 1 aromatic carbocycles. The molecular weight excluding hydrogens is 282 g/mol. The number of carbonyl (C=O) groups is 1. The van der Waals surface area contributed by atoms with Crippen LogP contribution in [-0.2, 0) is 14.6 Å². The molecule has 2 N–H and O–H groups in total. The van der Waals surface area contributed by atoms with Crippen molar-refractivity contribution in [3.05, 3.63) is 29.8 Å². The van der Waals surface area contributed by atoms with Gasteiger partial charge in [-0.1, -0.05) is 6.07 Å². The Kier molecular flexibility index (Phi) is 4.12. The number of sulfone groups is 1. The summed E-state index contributed by atoms with van der Waals surface area (Å²) in [7, 11) is -3.35. The highest BCUT2D eigenvalue weighted by atomic mass is 32.2. The zero-order chi connectivity index (χ0) is 14.8. The van der Waals surface area contributed by atoms with Crippen molar-refractivity contribution in [3.8, 4) is 0 Å². The third-order valence-electron chi connectivity index (χ3n) is 3.18. The van der Waals surface area contributed by atoms with Crippen molar-refractivity contribution >= 4 is 15.7 Å². The maximum Gasteiger partial charge on any atom is 0.251 e. The number of benzene rings is 1. The summed E-state index contributed by atoms with van der Waals surface area (Å²) in [5.41, 5.74) is -0.792. The maximum atomic E-state index is 12.0. The largest absolute Gasteiger partial charge is 0.386 e. The van der Waals surface area contributed by atoms with Gasteiger partial charge < -0.3 is 15.2 Å². The molecule has 110 valence electrons. The first-order chi connectivity index (χ1) is 9.30. The summed E-state index contributed by atoms with van der Waals surface area (Å²) >= 11 is 0. The Morgan fingerprint density at radius 1 is 1.50 bits per heavy atom. The fourth-order valence-electron chi connectivity index (χ4n) is 1.95. The van der Waals surface area contributed by atoms with Crippen molar-refractivity contribution in [1.82, 2.24) is 5.32 Å². The third kappa shape index (κ3) is 3.56. The zero-order valence-corrected chi connectivity index (χ0v) is 11.9. The molecule has 1 fully saturated rings. The highest BCUT2D eigenvalue weighted by Crippen LogP contribution is 2.17. The van der Waals surface area contributed by atoms with Gasteiger partial charge in [-0.3, -0.25) is 4.79 Å². The average molecular weight is 299 g/mol. The molecular formula is C13H17NO5S. The Labute approximate surface area is 117 Å². The molecule has 1 aliphatic rings. The van der Waals surface area contributed by atoms with Gasteiger partial charge in [-0.25, -0.2) is 8.42 Å². The monoisotopic (exact) mass is 299 g/mol. The highest BCUT2D eigenvalue weighted by Gasteiger charge is 2.32. The van der Waals surface area contributed by atoms with Crippen molar-refractivity contribution in [2.24, 2.45) is 0 Å². The summed E-state index contributed by atoms with van der Waals surface area (Å²) in [6.07, 6.45) is 1.55. The van der Waals surface area contributed by atoms with Crippen molar-refractivity contribution < 1.29 is 23.1 Å². The van der Waals surface area contributed by atoms with E-state index in [0.29, 0.717) is 13.0 Å². The van der Waals surface area contributed by atoms with Gasteiger partial charge in [0.2, 0.25) is 0 Å². The summed E-state index contributed by atoms with van der Waals surface area (Å²) in [5.74, 6) is -0.421. The maximum absolute atomic E-state index is 12.0. The number of hydrogen-bond donors (Lipinski definition) is 2. The molecule has 1 aliphatic heterocycles. The van der Waals surface area contributed by atoms with Crippen LogP contribution >= 0.6 is 0 Å². The van der Waals surface area contributed by atoms with Crippen LogP contribution < -0.4 is 5.32 Å². The van der Waals surface area contributed by atoms with Crippen LogP contribution in [-0.4, -0.2) is 51.0 Å². The van der Waals surface area contributed by atoms with E-state index in [4.69, 9.17) is 4.74 Å². The smallest absolute Gasteiger partial charge is 0.251 e. The van der Waals surface area contributed by atoms with Gasteiger partial charge in [0.1, 0.15) is 5.60 Å². The fraction of sp³-hybridized carbons (Fsp3) is 0.462. The first-order valence-corrected chi connectivity index (χ1v) is 8.08. The van der Waals surface area contributed by atoms with Crippen LogP contribution in [0.25, 0.3) is 0 Å². The molecule has 2 rings (SSSR count). The summed E-state index contributed by atoms with van der Waals surface area (Å²) in [6.45, 7) is 0.738. The Morgan fingerprint density at radius 2 is 2.25 bits per heavy atom. The Morgan fingerprint density at radius 3 is 2.85 bits per heavy atom. The van der Waals surface area contributed by atoms with Gasteiger partial charge in [-0.05, 0) is 18.2 Å². The molecule has 1 amide bonds. The number of ether oxygens (including phenoxy) is 1. The Balaban J connectivity index is 2.06. The van der Waals surface area contributed by atoms with Crippen molar-refractivity contribution in [1.29, 1.82) is 0 Å². The van der Waals surface area contributed by atoms with E-state index in [1.165, 1.54) is 24.3 Å². The number of amides is 1. The van der Waals surface area contributed by atoms with E-state index < -0.39 is 21.3 Å². The molecule has 0 aromatic heterocycles. The van der Waals surface area contributed by atoms with E-state index in [9.17, 15) is 18.3 Å². The topological polar surface area (TPSA) is 92.7 Å². The molecule has 1 aromatic rings. The highest BCUT2D eigenvalue weighted by molar-refractivity contribution is 7.90.